The summed E-state index contributed by atoms with van der Waals surface area (Å²) in [5.74, 6) is 0.776. The van der Waals surface area contributed by atoms with Crippen molar-refractivity contribution in [3.8, 4) is 0 Å². The van der Waals surface area contributed by atoms with Crippen LogP contribution in [-0.4, -0.2) is 36.5 Å². The molecule has 23 heavy (non-hydrogen) atoms. The molecular formula is C19H29FN2O. The lowest BCUT2D eigenvalue weighted by Gasteiger charge is -2.35. The van der Waals surface area contributed by atoms with E-state index in [1.54, 1.807) is 12.1 Å². The minimum Gasteiger partial charge on any atom is -0.346 e. The van der Waals surface area contributed by atoms with Gasteiger partial charge in [-0.1, -0.05) is 19.1 Å². The number of piperidine rings is 1. The molecule has 2 rings (SSSR count). The van der Waals surface area contributed by atoms with Crippen LogP contribution < -0.4 is 5.32 Å². The van der Waals surface area contributed by atoms with Crippen molar-refractivity contribution >= 4 is 5.91 Å². The number of benzene rings is 1. The standard InChI is InChI=1S/C19H29FN2O/c1-14(16-6-5-7-17(20)11-16)13-21-19(2,3)12-15-8-9-22(4)18(23)10-15/h5-7,11,14-15,21H,8-10,12-13H2,1-4H3/t14-,15-/m0/s1. The largest absolute Gasteiger partial charge is 0.346 e. The van der Waals surface area contributed by atoms with E-state index in [-0.39, 0.29) is 23.2 Å². The van der Waals surface area contributed by atoms with Crippen LogP contribution in [-0.2, 0) is 4.79 Å². The topological polar surface area (TPSA) is 32.3 Å². The van der Waals surface area contributed by atoms with Crippen molar-refractivity contribution < 1.29 is 9.18 Å². The zero-order valence-corrected chi connectivity index (χ0v) is 14.7. The Hall–Kier alpha value is -1.42. The predicted molar refractivity (Wildman–Crippen MR) is 91.9 cm³/mol. The summed E-state index contributed by atoms with van der Waals surface area (Å²) >= 11 is 0. The second kappa shape index (κ2) is 7.43. The second-order valence-electron chi connectivity index (χ2n) is 7.60. The highest BCUT2D eigenvalue weighted by Gasteiger charge is 2.29. The third-order valence-corrected chi connectivity index (χ3v) is 4.87. The van der Waals surface area contributed by atoms with Crippen LogP contribution in [0.3, 0.4) is 0 Å². The lowest BCUT2D eigenvalue weighted by atomic mass is 9.84. The van der Waals surface area contributed by atoms with Gasteiger partial charge in [-0.25, -0.2) is 4.39 Å². The quantitative estimate of drug-likeness (QED) is 0.869. The Morgan fingerprint density at radius 1 is 1.43 bits per heavy atom. The fourth-order valence-corrected chi connectivity index (χ4v) is 3.33. The molecule has 1 aromatic carbocycles. The van der Waals surface area contributed by atoms with Gasteiger partial charge in [0.2, 0.25) is 5.91 Å². The Balaban J connectivity index is 1.85. The summed E-state index contributed by atoms with van der Waals surface area (Å²) in [6.07, 6.45) is 2.72. The van der Waals surface area contributed by atoms with E-state index in [9.17, 15) is 9.18 Å². The summed E-state index contributed by atoms with van der Waals surface area (Å²) in [6.45, 7) is 8.15. The smallest absolute Gasteiger partial charge is 0.222 e. The number of nitrogens with zero attached hydrogens (tertiary/aromatic N) is 1. The van der Waals surface area contributed by atoms with Crippen molar-refractivity contribution in [3.05, 3.63) is 35.6 Å². The van der Waals surface area contributed by atoms with Gasteiger partial charge in [-0.2, -0.15) is 0 Å². The first kappa shape index (κ1) is 17.9. The van der Waals surface area contributed by atoms with Crippen molar-refractivity contribution in [1.29, 1.82) is 0 Å². The van der Waals surface area contributed by atoms with Gasteiger partial charge in [-0.3, -0.25) is 4.79 Å². The van der Waals surface area contributed by atoms with E-state index in [0.29, 0.717) is 12.3 Å². The van der Waals surface area contributed by atoms with Gasteiger partial charge in [0.1, 0.15) is 5.82 Å². The van der Waals surface area contributed by atoms with Crippen LogP contribution in [0.5, 0.6) is 0 Å². The van der Waals surface area contributed by atoms with Gasteiger partial charge in [0.25, 0.3) is 0 Å². The molecule has 0 bridgehead atoms. The lowest BCUT2D eigenvalue weighted by Crippen LogP contribution is -2.45. The molecule has 1 saturated heterocycles. The SMILES string of the molecule is C[C@@H](CNC(C)(C)C[C@H]1CCN(C)C(=O)C1)c1cccc(F)c1. The number of rotatable bonds is 6. The first-order chi connectivity index (χ1) is 10.8. The summed E-state index contributed by atoms with van der Waals surface area (Å²) in [4.78, 5) is 13.7. The molecule has 0 aromatic heterocycles. The molecule has 4 heteroatoms. The average Bonchev–Trinajstić information content (AvgIpc) is 2.48. The molecule has 1 aliphatic heterocycles. The third kappa shape index (κ3) is 5.31. The summed E-state index contributed by atoms with van der Waals surface area (Å²) < 4.78 is 13.3. The van der Waals surface area contributed by atoms with E-state index >= 15 is 0 Å². The molecule has 1 amide bonds. The number of hydrogen-bond acceptors (Lipinski definition) is 2. The minimum atomic E-state index is -0.182. The van der Waals surface area contributed by atoms with Crippen LogP contribution in [0.25, 0.3) is 0 Å². The molecule has 0 unspecified atom stereocenters. The fourth-order valence-electron chi connectivity index (χ4n) is 3.33. The number of carbonyl (C=O) groups excluding carboxylic acids is 1. The number of nitrogens with one attached hydrogen (secondary N) is 1. The highest BCUT2D eigenvalue weighted by Crippen LogP contribution is 2.27. The molecule has 0 aliphatic carbocycles. The first-order valence-electron chi connectivity index (χ1n) is 8.51. The minimum absolute atomic E-state index is 0.0254. The number of carbonyl (C=O) groups is 1. The van der Waals surface area contributed by atoms with Crippen molar-refractivity contribution in [2.24, 2.45) is 5.92 Å². The normalized spacial score (nSPS) is 20.7. The molecule has 128 valence electrons. The van der Waals surface area contributed by atoms with E-state index in [1.165, 1.54) is 6.07 Å². The van der Waals surface area contributed by atoms with Crippen molar-refractivity contribution in [1.82, 2.24) is 10.2 Å². The first-order valence-corrected chi connectivity index (χ1v) is 8.51. The van der Waals surface area contributed by atoms with Gasteiger partial charge in [0.15, 0.2) is 0 Å². The van der Waals surface area contributed by atoms with Crippen LogP contribution in [0.4, 0.5) is 4.39 Å². The zero-order valence-electron chi connectivity index (χ0n) is 14.7. The highest BCUT2D eigenvalue weighted by atomic mass is 19.1. The number of halogens is 1. The zero-order chi connectivity index (χ0) is 17.0. The van der Waals surface area contributed by atoms with Crippen molar-refractivity contribution in [2.75, 3.05) is 20.1 Å². The van der Waals surface area contributed by atoms with Gasteiger partial charge in [0, 0.05) is 32.1 Å². The van der Waals surface area contributed by atoms with E-state index in [2.05, 4.69) is 26.1 Å². The van der Waals surface area contributed by atoms with Gasteiger partial charge in [-0.05, 0) is 56.2 Å². The number of amides is 1. The number of hydrogen-bond donors (Lipinski definition) is 1. The van der Waals surface area contributed by atoms with E-state index in [4.69, 9.17) is 0 Å². The maximum atomic E-state index is 13.3. The van der Waals surface area contributed by atoms with Crippen LogP contribution in [0.2, 0.25) is 0 Å². The van der Waals surface area contributed by atoms with Gasteiger partial charge in [0.05, 0.1) is 0 Å². The van der Waals surface area contributed by atoms with Gasteiger partial charge < -0.3 is 10.2 Å². The predicted octanol–water partition coefficient (Wildman–Crippen LogP) is 3.56. The Bertz CT molecular complexity index is 544. The highest BCUT2D eigenvalue weighted by molar-refractivity contribution is 5.76. The van der Waals surface area contributed by atoms with Gasteiger partial charge >= 0.3 is 0 Å². The Morgan fingerprint density at radius 2 is 2.17 bits per heavy atom. The van der Waals surface area contributed by atoms with E-state index in [0.717, 1.165) is 31.5 Å². The lowest BCUT2D eigenvalue weighted by molar-refractivity contribution is -0.133. The Morgan fingerprint density at radius 3 is 2.83 bits per heavy atom. The maximum absolute atomic E-state index is 13.3. The summed E-state index contributed by atoms with van der Waals surface area (Å²) in [6, 6.07) is 6.81. The van der Waals surface area contributed by atoms with Gasteiger partial charge in [-0.15, -0.1) is 0 Å². The Kier molecular flexibility index (Phi) is 5.79. The van der Waals surface area contributed by atoms with Crippen LogP contribution in [0, 0.1) is 11.7 Å². The van der Waals surface area contributed by atoms with Crippen LogP contribution in [0.1, 0.15) is 51.5 Å². The molecule has 1 N–H and O–H groups in total. The molecule has 0 spiro atoms. The van der Waals surface area contributed by atoms with E-state index in [1.807, 2.05) is 18.0 Å². The molecule has 0 saturated carbocycles. The molecule has 1 heterocycles. The maximum Gasteiger partial charge on any atom is 0.222 e. The monoisotopic (exact) mass is 320 g/mol. The van der Waals surface area contributed by atoms with E-state index < -0.39 is 0 Å². The molecule has 1 aromatic rings. The molecule has 1 aliphatic rings. The number of likely N-dealkylation sites (tertiary alicyclic amines) is 1. The summed E-state index contributed by atoms with van der Waals surface area (Å²) in [7, 11) is 1.88. The second-order valence-corrected chi connectivity index (χ2v) is 7.60. The molecule has 2 atom stereocenters. The fraction of sp³-hybridized carbons (Fsp3) is 0.632. The summed E-state index contributed by atoms with van der Waals surface area (Å²) in [5.41, 5.74) is 0.991. The van der Waals surface area contributed by atoms with Crippen molar-refractivity contribution in [3.63, 3.8) is 0 Å². The molecule has 1 fully saturated rings. The molecule has 0 radical (unpaired) electrons. The molecule has 3 nitrogen and oxygen atoms in total. The third-order valence-electron chi connectivity index (χ3n) is 4.87. The van der Waals surface area contributed by atoms with Crippen LogP contribution >= 0.6 is 0 Å². The van der Waals surface area contributed by atoms with Crippen LogP contribution in [0.15, 0.2) is 24.3 Å². The average molecular weight is 320 g/mol. The summed E-state index contributed by atoms with van der Waals surface area (Å²) in [5, 5.41) is 3.60. The Labute approximate surface area is 139 Å². The van der Waals surface area contributed by atoms with Crippen molar-refractivity contribution in [2.45, 2.75) is 51.5 Å². The molecular weight excluding hydrogens is 291 g/mol.